The maximum absolute atomic E-state index is 14.1. The molecule has 0 spiro atoms. The van der Waals surface area contributed by atoms with Crippen molar-refractivity contribution in [1.82, 2.24) is 10.2 Å². The normalized spacial score (nSPS) is 20.1. The van der Waals surface area contributed by atoms with Gasteiger partial charge in [0.25, 0.3) is 5.91 Å². The number of nitrogens with one attached hydrogen (secondary N) is 1. The number of urea groups is 1. The summed E-state index contributed by atoms with van der Waals surface area (Å²) in [4.78, 5) is 25.6. The maximum Gasteiger partial charge on any atom is 0.416 e. The number of amides is 3. The molecule has 0 radical (unpaired) electrons. The Hall–Kier alpha value is -2.97. The second kappa shape index (κ2) is 6.33. The molecule has 1 atom stereocenters. The zero-order valence-electron chi connectivity index (χ0n) is 13.9. The molecule has 4 nitrogen and oxygen atoms in total. The third kappa shape index (κ3) is 3.36. The molecule has 2 aromatic rings. The lowest BCUT2D eigenvalue weighted by atomic mass is 9.91. The highest BCUT2D eigenvalue weighted by Gasteiger charge is 2.50. The summed E-state index contributed by atoms with van der Waals surface area (Å²) in [5.41, 5.74) is -3.10. The monoisotopic (exact) mass is 384 g/mol. The third-order valence-electron chi connectivity index (χ3n) is 4.34. The van der Waals surface area contributed by atoms with Gasteiger partial charge in [0.15, 0.2) is 0 Å². The summed E-state index contributed by atoms with van der Waals surface area (Å²) in [6, 6.07) is 5.73. The molecule has 0 saturated carbocycles. The van der Waals surface area contributed by atoms with Gasteiger partial charge in [0.2, 0.25) is 0 Å². The first-order valence-electron chi connectivity index (χ1n) is 7.78. The van der Waals surface area contributed by atoms with Gasteiger partial charge in [-0.25, -0.2) is 13.6 Å². The van der Waals surface area contributed by atoms with Crippen molar-refractivity contribution in [1.29, 1.82) is 0 Å². The van der Waals surface area contributed by atoms with Crippen LogP contribution >= 0.6 is 0 Å². The lowest BCUT2D eigenvalue weighted by Gasteiger charge is -2.23. The van der Waals surface area contributed by atoms with E-state index in [4.69, 9.17) is 0 Å². The average Bonchev–Trinajstić information content (AvgIpc) is 2.81. The molecule has 1 fully saturated rings. The maximum atomic E-state index is 14.1. The molecule has 1 N–H and O–H groups in total. The van der Waals surface area contributed by atoms with Crippen LogP contribution in [0.4, 0.5) is 26.7 Å². The zero-order valence-corrected chi connectivity index (χ0v) is 13.9. The van der Waals surface area contributed by atoms with Crippen molar-refractivity contribution in [3.63, 3.8) is 0 Å². The minimum absolute atomic E-state index is 0.0669. The lowest BCUT2D eigenvalue weighted by Crippen LogP contribution is -2.41. The van der Waals surface area contributed by atoms with Crippen molar-refractivity contribution in [2.45, 2.75) is 25.2 Å². The minimum atomic E-state index is -4.58. The van der Waals surface area contributed by atoms with E-state index in [0.29, 0.717) is 4.90 Å². The molecule has 2 aromatic carbocycles. The predicted octanol–water partition coefficient (Wildman–Crippen LogP) is 3.95. The van der Waals surface area contributed by atoms with Crippen LogP contribution in [0, 0.1) is 11.6 Å². The fourth-order valence-corrected chi connectivity index (χ4v) is 2.93. The Balaban J connectivity index is 1.92. The molecule has 1 aliphatic heterocycles. The van der Waals surface area contributed by atoms with Gasteiger partial charge >= 0.3 is 12.2 Å². The molecule has 9 heteroatoms. The highest BCUT2D eigenvalue weighted by atomic mass is 19.4. The van der Waals surface area contributed by atoms with Crippen molar-refractivity contribution in [2.24, 2.45) is 0 Å². The number of benzene rings is 2. The number of rotatable bonds is 3. The van der Waals surface area contributed by atoms with Gasteiger partial charge in [-0.1, -0.05) is 12.1 Å². The molecular formula is C18H13F5N2O2. The molecule has 3 rings (SSSR count). The largest absolute Gasteiger partial charge is 0.416 e. The number of imide groups is 1. The van der Waals surface area contributed by atoms with Crippen LogP contribution in [0.1, 0.15) is 23.6 Å². The van der Waals surface area contributed by atoms with Crippen molar-refractivity contribution in [3.05, 3.63) is 70.8 Å². The van der Waals surface area contributed by atoms with Gasteiger partial charge in [-0.05, 0) is 42.8 Å². The van der Waals surface area contributed by atoms with E-state index in [1.807, 2.05) is 0 Å². The highest BCUT2D eigenvalue weighted by Crippen LogP contribution is 2.33. The quantitative estimate of drug-likeness (QED) is 0.644. The van der Waals surface area contributed by atoms with E-state index in [0.717, 1.165) is 36.4 Å². The summed E-state index contributed by atoms with van der Waals surface area (Å²) in [6.45, 7) is 0.762. The van der Waals surface area contributed by atoms with Gasteiger partial charge in [0, 0.05) is 5.56 Å². The molecule has 0 aromatic heterocycles. The first kappa shape index (κ1) is 18.8. The van der Waals surface area contributed by atoms with Crippen LogP contribution in [0.25, 0.3) is 0 Å². The van der Waals surface area contributed by atoms with Gasteiger partial charge in [-0.15, -0.1) is 0 Å². The molecule has 0 aliphatic carbocycles. The van der Waals surface area contributed by atoms with Crippen LogP contribution < -0.4 is 5.32 Å². The second-order valence-corrected chi connectivity index (χ2v) is 6.27. The summed E-state index contributed by atoms with van der Waals surface area (Å²) in [6.07, 6.45) is -4.58. The first-order chi connectivity index (χ1) is 12.5. The predicted molar refractivity (Wildman–Crippen MR) is 84.2 cm³/mol. The molecule has 27 heavy (non-hydrogen) atoms. The number of halogens is 5. The van der Waals surface area contributed by atoms with Gasteiger partial charge in [-0.2, -0.15) is 13.2 Å². The van der Waals surface area contributed by atoms with Crippen LogP contribution in [-0.2, 0) is 23.1 Å². The van der Waals surface area contributed by atoms with E-state index in [1.54, 1.807) is 0 Å². The second-order valence-electron chi connectivity index (χ2n) is 6.27. The van der Waals surface area contributed by atoms with E-state index in [-0.39, 0.29) is 11.1 Å². The van der Waals surface area contributed by atoms with Gasteiger partial charge in [-0.3, -0.25) is 9.69 Å². The summed E-state index contributed by atoms with van der Waals surface area (Å²) in [5.74, 6) is -2.59. The number of hydrogen-bond acceptors (Lipinski definition) is 2. The highest BCUT2D eigenvalue weighted by molar-refractivity contribution is 6.07. The number of carbonyl (C=O) groups is 2. The molecule has 3 amide bonds. The van der Waals surface area contributed by atoms with Crippen LogP contribution in [-0.4, -0.2) is 16.8 Å². The molecule has 1 unspecified atom stereocenters. The van der Waals surface area contributed by atoms with Crippen LogP contribution in [0.15, 0.2) is 42.5 Å². The molecule has 1 aliphatic rings. The Kier molecular flexibility index (Phi) is 4.41. The third-order valence-corrected chi connectivity index (χ3v) is 4.34. The molecule has 0 bridgehead atoms. The Morgan fingerprint density at radius 1 is 1.07 bits per heavy atom. The smallest absolute Gasteiger partial charge is 0.319 e. The van der Waals surface area contributed by atoms with E-state index in [9.17, 15) is 31.5 Å². The molecule has 1 saturated heterocycles. The van der Waals surface area contributed by atoms with Crippen LogP contribution in [0.2, 0.25) is 0 Å². The Morgan fingerprint density at radius 3 is 2.44 bits per heavy atom. The standard InChI is InChI=1S/C18H13F5N2O2/c1-17(13-8-12(19)5-6-14(13)20)15(26)25(16(27)24-17)9-10-3-2-4-11(7-10)18(21,22)23/h2-8H,9H2,1H3,(H,24,27). The van der Waals surface area contributed by atoms with Gasteiger partial charge < -0.3 is 5.32 Å². The van der Waals surface area contributed by atoms with Gasteiger partial charge in [0.05, 0.1) is 12.1 Å². The van der Waals surface area contributed by atoms with Crippen molar-refractivity contribution in [2.75, 3.05) is 0 Å². The molecular weight excluding hydrogens is 371 g/mol. The van der Waals surface area contributed by atoms with E-state index in [2.05, 4.69) is 5.32 Å². The van der Waals surface area contributed by atoms with E-state index in [1.165, 1.54) is 13.0 Å². The Labute approximate surface area is 150 Å². The topological polar surface area (TPSA) is 49.4 Å². The summed E-state index contributed by atoms with van der Waals surface area (Å²) >= 11 is 0. The zero-order chi connectivity index (χ0) is 20.0. The van der Waals surface area contributed by atoms with E-state index >= 15 is 0 Å². The SMILES string of the molecule is CC1(c2cc(F)ccc2F)NC(=O)N(Cc2cccc(C(F)(F)F)c2)C1=O. The van der Waals surface area contributed by atoms with Crippen molar-refractivity contribution >= 4 is 11.9 Å². The Bertz CT molecular complexity index is 928. The fraction of sp³-hybridized carbons (Fsp3) is 0.222. The van der Waals surface area contributed by atoms with Crippen LogP contribution in [0.5, 0.6) is 0 Å². The number of nitrogens with zero attached hydrogens (tertiary/aromatic N) is 1. The van der Waals surface area contributed by atoms with Crippen molar-refractivity contribution in [3.8, 4) is 0 Å². The Morgan fingerprint density at radius 2 is 1.78 bits per heavy atom. The number of carbonyl (C=O) groups excluding carboxylic acids is 2. The van der Waals surface area contributed by atoms with Crippen LogP contribution in [0.3, 0.4) is 0 Å². The number of hydrogen-bond donors (Lipinski definition) is 1. The van der Waals surface area contributed by atoms with Crippen molar-refractivity contribution < 1.29 is 31.5 Å². The summed E-state index contributed by atoms with van der Waals surface area (Å²) in [7, 11) is 0. The average molecular weight is 384 g/mol. The minimum Gasteiger partial charge on any atom is -0.319 e. The lowest BCUT2D eigenvalue weighted by molar-refractivity contribution is -0.137. The fourth-order valence-electron chi connectivity index (χ4n) is 2.93. The summed E-state index contributed by atoms with van der Waals surface area (Å²) < 4.78 is 66.0. The molecule has 1 heterocycles. The summed E-state index contributed by atoms with van der Waals surface area (Å²) in [5, 5.41) is 2.29. The van der Waals surface area contributed by atoms with E-state index < -0.39 is 47.4 Å². The van der Waals surface area contributed by atoms with Gasteiger partial charge in [0.1, 0.15) is 17.2 Å². The molecule has 142 valence electrons. The number of alkyl halides is 3. The first-order valence-corrected chi connectivity index (χ1v) is 7.78.